The zero-order chi connectivity index (χ0) is 28.0. The standard InChI is InChI=1S/C34H64N6/c1-2-3-4-5-14-25-40-32(26-30-20-10-7-11-21-30)28-38(34(40)36)23-15-13-22-31-27-37-33(35)39(31)24-16-12-19-29-17-8-6-9-18-29/h29-32,36H,2-28H2,1H3,(H2,35,37)/t31-,32-/m0/s1. The summed E-state index contributed by atoms with van der Waals surface area (Å²) in [6.07, 6.45) is 29.7. The molecule has 0 aromatic carbocycles. The largest absolute Gasteiger partial charge is 0.354 e. The molecule has 6 nitrogen and oxygen atoms in total. The zero-order valence-corrected chi connectivity index (χ0v) is 26.2. The van der Waals surface area contributed by atoms with Crippen molar-refractivity contribution >= 4 is 11.9 Å². The Hall–Kier alpha value is -1.46. The summed E-state index contributed by atoms with van der Waals surface area (Å²) in [5, 5.41) is 20.8. The van der Waals surface area contributed by atoms with E-state index in [1.54, 1.807) is 0 Å². The summed E-state index contributed by atoms with van der Waals surface area (Å²) in [7, 11) is 0. The molecule has 2 atom stereocenters. The van der Waals surface area contributed by atoms with Crippen LogP contribution in [0, 0.1) is 22.7 Å². The second-order valence-corrected chi connectivity index (χ2v) is 13.8. The molecule has 0 spiro atoms. The normalized spacial score (nSPS) is 24.9. The first-order chi connectivity index (χ1) is 19.7. The van der Waals surface area contributed by atoms with Crippen LogP contribution >= 0.6 is 0 Å². The fourth-order valence-electron chi connectivity index (χ4n) is 8.21. The quantitative estimate of drug-likeness (QED) is 0.150. The molecule has 4 fully saturated rings. The fourth-order valence-corrected chi connectivity index (χ4v) is 8.21. The van der Waals surface area contributed by atoms with E-state index in [0.29, 0.717) is 18.0 Å². The lowest BCUT2D eigenvalue weighted by Crippen LogP contribution is -2.37. The first kappa shape index (κ1) is 31.5. The molecule has 0 bridgehead atoms. The van der Waals surface area contributed by atoms with Crippen LogP contribution in [0.4, 0.5) is 0 Å². The molecule has 3 N–H and O–H groups in total. The third kappa shape index (κ3) is 9.82. The lowest BCUT2D eigenvalue weighted by atomic mass is 9.84. The van der Waals surface area contributed by atoms with Crippen molar-refractivity contribution in [1.29, 1.82) is 10.8 Å². The average molecular weight is 557 g/mol. The second kappa shape index (κ2) is 17.5. The molecule has 6 heteroatoms. The average Bonchev–Trinajstić information content (AvgIpc) is 3.47. The van der Waals surface area contributed by atoms with Crippen LogP contribution < -0.4 is 5.32 Å². The first-order valence-corrected chi connectivity index (χ1v) is 17.8. The van der Waals surface area contributed by atoms with Crippen LogP contribution in [0.2, 0.25) is 0 Å². The predicted molar refractivity (Wildman–Crippen MR) is 170 cm³/mol. The summed E-state index contributed by atoms with van der Waals surface area (Å²) in [6.45, 7) is 7.48. The van der Waals surface area contributed by atoms with E-state index in [1.807, 2.05) is 0 Å². The predicted octanol–water partition coefficient (Wildman–Crippen LogP) is 7.98. The fraction of sp³-hybridized carbons (Fsp3) is 0.941. The number of guanidine groups is 2. The van der Waals surface area contributed by atoms with Gasteiger partial charge in [0.05, 0.1) is 0 Å². The highest BCUT2D eigenvalue weighted by atomic mass is 15.4. The number of hydrogen-bond donors (Lipinski definition) is 3. The van der Waals surface area contributed by atoms with Gasteiger partial charge in [-0.25, -0.2) is 0 Å². The molecule has 2 aliphatic carbocycles. The molecule has 0 unspecified atom stereocenters. The van der Waals surface area contributed by atoms with Gasteiger partial charge in [0.1, 0.15) is 0 Å². The molecule has 2 saturated carbocycles. The lowest BCUT2D eigenvalue weighted by molar-refractivity contribution is 0.241. The van der Waals surface area contributed by atoms with Gasteiger partial charge < -0.3 is 20.0 Å². The van der Waals surface area contributed by atoms with Gasteiger partial charge in [0.2, 0.25) is 0 Å². The highest BCUT2D eigenvalue weighted by Crippen LogP contribution is 2.32. The number of unbranched alkanes of at least 4 members (excludes halogenated alkanes) is 6. The van der Waals surface area contributed by atoms with Crippen molar-refractivity contribution in [3.63, 3.8) is 0 Å². The second-order valence-electron chi connectivity index (χ2n) is 13.8. The van der Waals surface area contributed by atoms with Gasteiger partial charge in [-0.15, -0.1) is 0 Å². The van der Waals surface area contributed by atoms with E-state index in [0.717, 1.165) is 50.5 Å². The highest BCUT2D eigenvalue weighted by Gasteiger charge is 2.35. The topological polar surface area (TPSA) is 69.5 Å². The van der Waals surface area contributed by atoms with E-state index in [2.05, 4.69) is 26.9 Å². The van der Waals surface area contributed by atoms with Crippen molar-refractivity contribution < 1.29 is 0 Å². The molecule has 40 heavy (non-hydrogen) atoms. The maximum Gasteiger partial charge on any atom is 0.194 e. The molecular weight excluding hydrogens is 492 g/mol. The van der Waals surface area contributed by atoms with Crippen molar-refractivity contribution in [1.82, 2.24) is 20.0 Å². The molecule has 0 radical (unpaired) electrons. The van der Waals surface area contributed by atoms with E-state index in [1.165, 1.54) is 141 Å². The molecule has 4 aliphatic rings. The Morgan fingerprint density at radius 2 is 1.27 bits per heavy atom. The van der Waals surface area contributed by atoms with Crippen molar-refractivity contribution in [2.24, 2.45) is 11.8 Å². The third-order valence-electron chi connectivity index (χ3n) is 10.7. The van der Waals surface area contributed by atoms with Gasteiger partial charge in [-0.3, -0.25) is 10.8 Å². The maximum absolute atomic E-state index is 9.06. The number of nitrogens with zero attached hydrogens (tertiary/aromatic N) is 3. The van der Waals surface area contributed by atoms with Crippen LogP contribution in [0.15, 0.2) is 0 Å². The molecule has 2 heterocycles. The van der Waals surface area contributed by atoms with Crippen LogP contribution in [0.1, 0.15) is 148 Å². The Labute approximate surface area is 247 Å². The first-order valence-electron chi connectivity index (χ1n) is 17.8. The van der Waals surface area contributed by atoms with Gasteiger partial charge >= 0.3 is 0 Å². The zero-order valence-electron chi connectivity index (χ0n) is 26.2. The van der Waals surface area contributed by atoms with E-state index < -0.39 is 0 Å². The van der Waals surface area contributed by atoms with E-state index in [9.17, 15) is 0 Å². The van der Waals surface area contributed by atoms with Gasteiger partial charge in [0.25, 0.3) is 0 Å². The van der Waals surface area contributed by atoms with Crippen molar-refractivity contribution in [2.75, 3.05) is 32.7 Å². The number of nitrogens with one attached hydrogen (secondary N) is 3. The van der Waals surface area contributed by atoms with Crippen LogP contribution in [-0.2, 0) is 0 Å². The summed E-state index contributed by atoms with van der Waals surface area (Å²) >= 11 is 0. The molecule has 230 valence electrons. The van der Waals surface area contributed by atoms with Gasteiger partial charge in [-0.2, -0.15) is 0 Å². The molecule has 0 amide bonds. The molecule has 0 aromatic heterocycles. The maximum atomic E-state index is 9.06. The van der Waals surface area contributed by atoms with E-state index >= 15 is 0 Å². The molecular formula is C34H64N6. The molecule has 2 aliphatic heterocycles. The Morgan fingerprint density at radius 1 is 0.650 bits per heavy atom. The summed E-state index contributed by atoms with van der Waals surface area (Å²) in [6, 6.07) is 1.05. The number of rotatable bonds is 18. The van der Waals surface area contributed by atoms with Crippen LogP contribution in [0.5, 0.6) is 0 Å². The highest BCUT2D eigenvalue weighted by molar-refractivity contribution is 5.80. The Kier molecular flexibility index (Phi) is 13.8. The minimum absolute atomic E-state index is 0.485. The summed E-state index contributed by atoms with van der Waals surface area (Å²) in [4.78, 5) is 7.27. The van der Waals surface area contributed by atoms with Gasteiger partial charge in [0, 0.05) is 44.8 Å². The Balaban J connectivity index is 1.17. The monoisotopic (exact) mass is 557 g/mol. The summed E-state index contributed by atoms with van der Waals surface area (Å²) < 4.78 is 0. The summed E-state index contributed by atoms with van der Waals surface area (Å²) in [5.41, 5.74) is 0. The third-order valence-corrected chi connectivity index (χ3v) is 10.7. The summed E-state index contributed by atoms with van der Waals surface area (Å²) in [5.74, 6) is 3.33. The number of hydrogen-bond acceptors (Lipinski definition) is 2. The van der Waals surface area contributed by atoms with Crippen LogP contribution in [-0.4, -0.2) is 71.4 Å². The molecule has 2 saturated heterocycles. The Bertz CT molecular complexity index is 728. The minimum atomic E-state index is 0.485. The SMILES string of the molecule is CCCCCCCN1C(=N)N(CCCC[C@H]2CNC(=N)N2CCCCC2CCCCC2)C[C@@H]1CC1CCCCC1. The molecule has 0 aromatic rings. The van der Waals surface area contributed by atoms with Crippen molar-refractivity contribution in [2.45, 2.75) is 160 Å². The lowest BCUT2D eigenvalue weighted by Gasteiger charge is -2.30. The van der Waals surface area contributed by atoms with Crippen molar-refractivity contribution in [3.05, 3.63) is 0 Å². The molecule has 4 rings (SSSR count). The van der Waals surface area contributed by atoms with Crippen LogP contribution in [0.3, 0.4) is 0 Å². The van der Waals surface area contributed by atoms with Crippen molar-refractivity contribution in [3.8, 4) is 0 Å². The Morgan fingerprint density at radius 3 is 2.02 bits per heavy atom. The van der Waals surface area contributed by atoms with Gasteiger partial charge in [-0.05, 0) is 50.4 Å². The smallest absolute Gasteiger partial charge is 0.194 e. The van der Waals surface area contributed by atoms with Gasteiger partial charge in [0.15, 0.2) is 11.9 Å². The van der Waals surface area contributed by atoms with E-state index in [-0.39, 0.29) is 0 Å². The minimum Gasteiger partial charge on any atom is -0.354 e. The van der Waals surface area contributed by atoms with Gasteiger partial charge in [-0.1, -0.05) is 110 Å². The van der Waals surface area contributed by atoms with Crippen LogP contribution in [0.25, 0.3) is 0 Å². The van der Waals surface area contributed by atoms with E-state index in [4.69, 9.17) is 10.8 Å².